The van der Waals surface area contributed by atoms with Crippen LogP contribution in [-0.2, 0) is 0 Å². The van der Waals surface area contributed by atoms with Crippen LogP contribution in [0, 0.1) is 6.92 Å². The summed E-state index contributed by atoms with van der Waals surface area (Å²) in [5, 5.41) is 9.44. The van der Waals surface area contributed by atoms with Crippen molar-refractivity contribution in [3.63, 3.8) is 0 Å². The van der Waals surface area contributed by atoms with E-state index in [1.165, 1.54) is 37.9 Å². The van der Waals surface area contributed by atoms with Crippen LogP contribution in [0.25, 0.3) is 43.1 Å². The lowest BCUT2D eigenvalue weighted by Crippen LogP contribution is -2.11. The Morgan fingerprint density at radius 1 is 0.667 bits per heavy atom. The standard InChI is InChI=1S/C22H15NO/c1-12-8-9-17-15-6-3-7-16-19(22(23)24)11-10-18(21(15)16)14-5-2-4-13(12)20(14)17/h2-11H,1H3,(H2,23,24). The van der Waals surface area contributed by atoms with Crippen LogP contribution in [0.1, 0.15) is 15.9 Å². The number of nitrogens with two attached hydrogens (primary N) is 1. The van der Waals surface area contributed by atoms with Gasteiger partial charge in [0.1, 0.15) is 0 Å². The Morgan fingerprint density at radius 2 is 1.17 bits per heavy atom. The average molecular weight is 309 g/mol. The summed E-state index contributed by atoms with van der Waals surface area (Å²) < 4.78 is 0. The number of hydrogen-bond acceptors (Lipinski definition) is 1. The number of carbonyl (C=O) groups is 1. The van der Waals surface area contributed by atoms with Gasteiger partial charge in [-0.3, -0.25) is 4.79 Å². The molecular formula is C22H15NO. The van der Waals surface area contributed by atoms with Gasteiger partial charge in [0.25, 0.3) is 0 Å². The molecule has 0 heterocycles. The molecule has 0 bridgehead atoms. The Hall–Kier alpha value is -3.13. The van der Waals surface area contributed by atoms with Gasteiger partial charge in [0.15, 0.2) is 0 Å². The third-order valence-corrected chi connectivity index (χ3v) is 5.15. The minimum atomic E-state index is -0.383. The van der Waals surface area contributed by atoms with Crippen molar-refractivity contribution in [3.05, 3.63) is 71.8 Å². The minimum absolute atomic E-state index is 0.383. The predicted molar refractivity (Wildman–Crippen MR) is 101 cm³/mol. The van der Waals surface area contributed by atoms with E-state index in [0.717, 1.165) is 10.8 Å². The lowest BCUT2D eigenvalue weighted by atomic mass is 9.87. The lowest BCUT2D eigenvalue weighted by molar-refractivity contribution is 0.100. The molecule has 0 aliphatic heterocycles. The molecule has 0 saturated carbocycles. The normalized spacial score (nSPS) is 11.9. The van der Waals surface area contributed by atoms with E-state index in [1.54, 1.807) is 0 Å². The maximum Gasteiger partial charge on any atom is 0.249 e. The summed E-state index contributed by atoms with van der Waals surface area (Å²) in [7, 11) is 0. The van der Waals surface area contributed by atoms with Crippen LogP contribution in [-0.4, -0.2) is 5.91 Å². The fraction of sp³-hybridized carbons (Fsp3) is 0.0455. The van der Waals surface area contributed by atoms with E-state index in [4.69, 9.17) is 5.73 Å². The van der Waals surface area contributed by atoms with Crippen LogP contribution >= 0.6 is 0 Å². The third-order valence-electron chi connectivity index (χ3n) is 5.15. The van der Waals surface area contributed by atoms with Crippen molar-refractivity contribution in [2.75, 3.05) is 0 Å². The SMILES string of the molecule is Cc1ccc2c3cccc4c(C(N)=O)ccc(c5cccc1c25)c43. The number of aryl methyl sites for hydroxylation is 1. The molecule has 0 aliphatic rings. The van der Waals surface area contributed by atoms with E-state index in [2.05, 4.69) is 43.3 Å². The highest BCUT2D eigenvalue weighted by molar-refractivity contribution is 6.34. The molecular weight excluding hydrogens is 294 g/mol. The Balaban J connectivity index is 2.20. The molecule has 2 N–H and O–H groups in total. The maximum atomic E-state index is 11.8. The van der Waals surface area contributed by atoms with Gasteiger partial charge in [-0.15, -0.1) is 0 Å². The Labute approximate surface area is 138 Å². The second-order valence-corrected chi connectivity index (χ2v) is 6.41. The van der Waals surface area contributed by atoms with E-state index in [0.29, 0.717) is 5.56 Å². The van der Waals surface area contributed by atoms with Crippen LogP contribution in [0.5, 0.6) is 0 Å². The number of amides is 1. The van der Waals surface area contributed by atoms with Crippen molar-refractivity contribution in [2.45, 2.75) is 6.92 Å². The summed E-state index contributed by atoms with van der Waals surface area (Å²) in [5.41, 5.74) is 7.45. The molecule has 0 saturated heterocycles. The highest BCUT2D eigenvalue weighted by Gasteiger charge is 2.16. The Morgan fingerprint density at radius 3 is 1.83 bits per heavy atom. The number of fused-ring (bicyclic) bond motifs is 2. The second kappa shape index (κ2) is 4.45. The average Bonchev–Trinajstić information content (AvgIpc) is 2.60. The third kappa shape index (κ3) is 1.52. The molecule has 0 radical (unpaired) electrons. The summed E-state index contributed by atoms with van der Waals surface area (Å²) in [6.45, 7) is 2.15. The lowest BCUT2D eigenvalue weighted by Gasteiger charge is -2.16. The number of primary amides is 1. The molecule has 2 nitrogen and oxygen atoms in total. The second-order valence-electron chi connectivity index (χ2n) is 6.41. The smallest absolute Gasteiger partial charge is 0.249 e. The molecule has 114 valence electrons. The van der Waals surface area contributed by atoms with E-state index in [-0.39, 0.29) is 5.91 Å². The highest BCUT2D eigenvalue weighted by atomic mass is 16.1. The largest absolute Gasteiger partial charge is 0.366 e. The van der Waals surface area contributed by atoms with Crippen LogP contribution in [0.2, 0.25) is 0 Å². The Kier molecular flexibility index (Phi) is 2.47. The van der Waals surface area contributed by atoms with Crippen molar-refractivity contribution in [1.82, 2.24) is 0 Å². The monoisotopic (exact) mass is 309 g/mol. The molecule has 5 rings (SSSR count). The van der Waals surface area contributed by atoms with Gasteiger partial charge < -0.3 is 5.73 Å². The molecule has 1 amide bonds. The van der Waals surface area contributed by atoms with Crippen molar-refractivity contribution in [2.24, 2.45) is 5.73 Å². The number of carbonyl (C=O) groups excluding carboxylic acids is 1. The number of hydrogen-bond donors (Lipinski definition) is 1. The summed E-state index contributed by atoms with van der Waals surface area (Å²) in [6.07, 6.45) is 0. The molecule has 0 spiro atoms. The van der Waals surface area contributed by atoms with E-state index >= 15 is 0 Å². The van der Waals surface area contributed by atoms with Crippen molar-refractivity contribution in [1.29, 1.82) is 0 Å². The van der Waals surface area contributed by atoms with Gasteiger partial charge in [-0.1, -0.05) is 54.6 Å². The highest BCUT2D eigenvalue weighted by Crippen LogP contribution is 2.41. The molecule has 5 aromatic carbocycles. The topological polar surface area (TPSA) is 43.1 Å². The van der Waals surface area contributed by atoms with Gasteiger partial charge in [-0.2, -0.15) is 0 Å². The molecule has 24 heavy (non-hydrogen) atoms. The van der Waals surface area contributed by atoms with Gasteiger partial charge >= 0.3 is 0 Å². The van der Waals surface area contributed by atoms with Crippen LogP contribution in [0.4, 0.5) is 0 Å². The zero-order valence-corrected chi connectivity index (χ0v) is 13.3. The summed E-state index contributed by atoms with van der Waals surface area (Å²) in [5.74, 6) is -0.383. The minimum Gasteiger partial charge on any atom is -0.366 e. The molecule has 2 heteroatoms. The van der Waals surface area contributed by atoms with Crippen LogP contribution < -0.4 is 5.73 Å². The van der Waals surface area contributed by atoms with Gasteiger partial charge in [-0.25, -0.2) is 0 Å². The van der Waals surface area contributed by atoms with Gasteiger partial charge in [0.2, 0.25) is 5.91 Å². The van der Waals surface area contributed by atoms with Gasteiger partial charge in [0.05, 0.1) is 0 Å². The van der Waals surface area contributed by atoms with E-state index in [1.807, 2.05) is 24.3 Å². The maximum absolute atomic E-state index is 11.8. The summed E-state index contributed by atoms with van der Waals surface area (Å²) >= 11 is 0. The summed E-state index contributed by atoms with van der Waals surface area (Å²) in [4.78, 5) is 11.8. The fourth-order valence-corrected chi connectivity index (χ4v) is 4.07. The van der Waals surface area contributed by atoms with Crippen LogP contribution in [0.15, 0.2) is 60.7 Å². The van der Waals surface area contributed by atoms with E-state index in [9.17, 15) is 4.79 Å². The predicted octanol–water partition coefficient (Wildman–Crippen LogP) is 5.14. The number of benzene rings is 5. The molecule has 0 unspecified atom stereocenters. The quantitative estimate of drug-likeness (QED) is 0.338. The summed E-state index contributed by atoms with van der Waals surface area (Å²) in [6, 6.07) is 20.8. The first-order valence-electron chi connectivity index (χ1n) is 8.05. The first-order chi connectivity index (χ1) is 11.7. The van der Waals surface area contributed by atoms with Crippen molar-refractivity contribution >= 4 is 49.0 Å². The zero-order valence-electron chi connectivity index (χ0n) is 13.3. The Bertz CT molecular complexity index is 1260. The molecule has 0 aliphatic carbocycles. The first kappa shape index (κ1) is 13.3. The molecule has 0 atom stereocenters. The van der Waals surface area contributed by atoms with Crippen molar-refractivity contribution < 1.29 is 4.79 Å². The van der Waals surface area contributed by atoms with Gasteiger partial charge in [0, 0.05) is 5.56 Å². The van der Waals surface area contributed by atoms with Crippen LogP contribution in [0.3, 0.4) is 0 Å². The first-order valence-corrected chi connectivity index (χ1v) is 8.05. The molecule has 5 aromatic rings. The fourth-order valence-electron chi connectivity index (χ4n) is 4.07. The number of rotatable bonds is 1. The van der Waals surface area contributed by atoms with Crippen molar-refractivity contribution in [3.8, 4) is 0 Å². The molecule has 0 aromatic heterocycles. The molecule has 0 fully saturated rings. The zero-order chi connectivity index (χ0) is 16.4. The van der Waals surface area contributed by atoms with E-state index < -0.39 is 0 Å². The van der Waals surface area contributed by atoms with Gasteiger partial charge in [-0.05, 0) is 61.6 Å².